The van der Waals surface area contributed by atoms with Gasteiger partial charge in [0.15, 0.2) is 0 Å². The van der Waals surface area contributed by atoms with Crippen molar-refractivity contribution in [3.05, 3.63) is 33.3 Å². The second kappa shape index (κ2) is 4.89. The van der Waals surface area contributed by atoms with Gasteiger partial charge < -0.3 is 10.6 Å². The van der Waals surface area contributed by atoms with Crippen LogP contribution in [0, 0.1) is 16.0 Å². The van der Waals surface area contributed by atoms with Gasteiger partial charge in [-0.25, -0.2) is 0 Å². The fourth-order valence-electron chi connectivity index (χ4n) is 2.11. The van der Waals surface area contributed by atoms with Crippen molar-refractivity contribution in [3.63, 3.8) is 0 Å². The quantitative estimate of drug-likeness (QED) is 0.663. The Morgan fingerprint density at radius 2 is 2.35 bits per heavy atom. The van der Waals surface area contributed by atoms with E-state index in [1.807, 2.05) is 0 Å². The first kappa shape index (κ1) is 12.1. The molecule has 1 aromatic rings. The molecule has 17 heavy (non-hydrogen) atoms. The molecule has 1 heterocycles. The fraction of sp³-hybridized carbons (Fsp3) is 0.455. The molecule has 0 bridgehead atoms. The van der Waals surface area contributed by atoms with Crippen molar-refractivity contribution in [2.24, 2.45) is 11.7 Å². The highest BCUT2D eigenvalue weighted by molar-refractivity contribution is 6.33. The highest BCUT2D eigenvalue weighted by Gasteiger charge is 2.23. The number of hydrogen-bond donors (Lipinski definition) is 1. The predicted octanol–water partition coefficient (Wildman–Crippen LogP) is 2.03. The number of halogens is 1. The first-order chi connectivity index (χ1) is 8.11. The topological polar surface area (TPSA) is 72.4 Å². The van der Waals surface area contributed by atoms with Crippen molar-refractivity contribution in [2.45, 2.75) is 6.42 Å². The summed E-state index contributed by atoms with van der Waals surface area (Å²) >= 11 is 6.07. The number of nitrogens with zero attached hydrogens (tertiary/aromatic N) is 2. The van der Waals surface area contributed by atoms with E-state index in [4.69, 9.17) is 17.3 Å². The Morgan fingerprint density at radius 1 is 1.59 bits per heavy atom. The molecule has 2 rings (SSSR count). The van der Waals surface area contributed by atoms with Gasteiger partial charge in [-0.3, -0.25) is 10.1 Å². The number of nitrogens with two attached hydrogens (primary N) is 1. The van der Waals surface area contributed by atoms with Crippen molar-refractivity contribution in [1.29, 1.82) is 0 Å². The molecule has 0 aromatic heterocycles. The minimum atomic E-state index is -0.442. The summed E-state index contributed by atoms with van der Waals surface area (Å²) in [5, 5.41) is 11.0. The van der Waals surface area contributed by atoms with Crippen LogP contribution in [0.25, 0.3) is 0 Å². The Balaban J connectivity index is 2.20. The third-order valence-corrected chi connectivity index (χ3v) is 3.40. The third kappa shape index (κ3) is 2.50. The molecule has 1 aliphatic rings. The maximum Gasteiger partial charge on any atom is 0.271 e. The Bertz CT molecular complexity index is 439. The molecule has 0 amide bonds. The summed E-state index contributed by atoms with van der Waals surface area (Å²) in [6.07, 6.45) is 1.05. The Morgan fingerprint density at radius 3 is 2.88 bits per heavy atom. The minimum Gasteiger partial charge on any atom is -0.370 e. The lowest BCUT2D eigenvalue weighted by molar-refractivity contribution is -0.384. The Hall–Kier alpha value is -1.33. The van der Waals surface area contributed by atoms with Gasteiger partial charge in [0, 0.05) is 25.2 Å². The molecule has 1 aliphatic heterocycles. The van der Waals surface area contributed by atoms with Gasteiger partial charge in [-0.15, -0.1) is 0 Å². The molecule has 0 saturated carbocycles. The van der Waals surface area contributed by atoms with Gasteiger partial charge in [-0.2, -0.15) is 0 Å². The zero-order chi connectivity index (χ0) is 12.4. The maximum absolute atomic E-state index is 10.6. The second-order valence-electron chi connectivity index (χ2n) is 4.23. The van der Waals surface area contributed by atoms with Crippen LogP contribution in [0.4, 0.5) is 11.4 Å². The highest BCUT2D eigenvalue weighted by atomic mass is 35.5. The van der Waals surface area contributed by atoms with Crippen molar-refractivity contribution in [2.75, 3.05) is 24.5 Å². The van der Waals surface area contributed by atoms with Crippen LogP contribution in [0.5, 0.6) is 0 Å². The number of non-ortho nitro benzene ring substituents is 1. The normalized spacial score (nSPS) is 19.6. The molecule has 1 atom stereocenters. The minimum absolute atomic E-state index is 0.0216. The van der Waals surface area contributed by atoms with Gasteiger partial charge in [0.05, 0.1) is 15.6 Å². The first-order valence-electron chi connectivity index (χ1n) is 5.50. The Kier molecular flexibility index (Phi) is 3.49. The fourth-order valence-corrected chi connectivity index (χ4v) is 2.40. The monoisotopic (exact) mass is 255 g/mol. The smallest absolute Gasteiger partial charge is 0.271 e. The van der Waals surface area contributed by atoms with Gasteiger partial charge in [-0.1, -0.05) is 11.6 Å². The summed E-state index contributed by atoms with van der Waals surface area (Å²) < 4.78 is 0. The van der Waals surface area contributed by atoms with Crippen LogP contribution in [0.1, 0.15) is 6.42 Å². The standard InChI is InChI=1S/C11H14ClN3O2/c12-10-5-9(15(16)17)1-2-11(10)14-4-3-8(6-13)7-14/h1-2,5,8H,3-4,6-7,13H2/t8-/m1/s1. The van der Waals surface area contributed by atoms with E-state index in [0.717, 1.165) is 25.2 Å². The molecule has 5 nitrogen and oxygen atoms in total. The van der Waals surface area contributed by atoms with Gasteiger partial charge in [0.2, 0.25) is 0 Å². The van der Waals surface area contributed by atoms with E-state index in [9.17, 15) is 10.1 Å². The van der Waals surface area contributed by atoms with Crippen molar-refractivity contribution >= 4 is 23.0 Å². The lowest BCUT2D eigenvalue weighted by Crippen LogP contribution is -2.22. The van der Waals surface area contributed by atoms with Gasteiger partial charge in [0.25, 0.3) is 5.69 Å². The SMILES string of the molecule is NC[C@H]1CCN(c2ccc([N+](=O)[O-])cc2Cl)C1. The van der Waals surface area contributed by atoms with Crippen LogP contribution in [0.2, 0.25) is 5.02 Å². The number of nitro benzene ring substituents is 1. The van der Waals surface area contributed by atoms with E-state index in [1.165, 1.54) is 12.1 Å². The van der Waals surface area contributed by atoms with Crippen LogP contribution in [0.15, 0.2) is 18.2 Å². The highest BCUT2D eigenvalue weighted by Crippen LogP contribution is 2.32. The Labute approximate surface area is 104 Å². The molecule has 6 heteroatoms. The van der Waals surface area contributed by atoms with Crippen LogP contribution in [0.3, 0.4) is 0 Å². The summed E-state index contributed by atoms with van der Waals surface area (Å²) in [6, 6.07) is 4.59. The van der Waals surface area contributed by atoms with Crippen LogP contribution in [-0.4, -0.2) is 24.6 Å². The molecule has 0 radical (unpaired) electrons. The van der Waals surface area contributed by atoms with Crippen molar-refractivity contribution in [3.8, 4) is 0 Å². The number of nitro groups is 1. The molecule has 0 unspecified atom stereocenters. The van der Waals surface area contributed by atoms with Crippen LogP contribution >= 0.6 is 11.6 Å². The average molecular weight is 256 g/mol. The number of hydrogen-bond acceptors (Lipinski definition) is 4. The maximum atomic E-state index is 10.6. The second-order valence-corrected chi connectivity index (χ2v) is 4.64. The molecule has 0 spiro atoms. The average Bonchev–Trinajstić information content (AvgIpc) is 2.77. The molecular weight excluding hydrogens is 242 g/mol. The summed E-state index contributed by atoms with van der Waals surface area (Å²) in [5.74, 6) is 0.487. The summed E-state index contributed by atoms with van der Waals surface area (Å²) in [7, 11) is 0. The molecule has 1 fully saturated rings. The lowest BCUT2D eigenvalue weighted by Gasteiger charge is -2.19. The van der Waals surface area contributed by atoms with Crippen LogP contribution < -0.4 is 10.6 Å². The van der Waals surface area contributed by atoms with Crippen molar-refractivity contribution < 1.29 is 4.92 Å². The predicted molar refractivity (Wildman–Crippen MR) is 67.5 cm³/mol. The zero-order valence-electron chi connectivity index (χ0n) is 9.30. The van der Waals surface area contributed by atoms with E-state index in [0.29, 0.717) is 17.5 Å². The molecule has 1 saturated heterocycles. The number of benzene rings is 1. The molecule has 0 aliphatic carbocycles. The first-order valence-corrected chi connectivity index (χ1v) is 5.88. The third-order valence-electron chi connectivity index (χ3n) is 3.10. The summed E-state index contributed by atoms with van der Waals surface area (Å²) in [5.41, 5.74) is 6.50. The largest absolute Gasteiger partial charge is 0.370 e. The van der Waals surface area contributed by atoms with E-state index >= 15 is 0 Å². The number of anilines is 1. The van der Waals surface area contributed by atoms with Gasteiger partial charge in [0.1, 0.15) is 0 Å². The van der Waals surface area contributed by atoms with Crippen LogP contribution in [-0.2, 0) is 0 Å². The number of rotatable bonds is 3. The molecular formula is C11H14ClN3O2. The lowest BCUT2D eigenvalue weighted by atomic mass is 10.1. The summed E-state index contributed by atoms with van der Waals surface area (Å²) in [6.45, 7) is 2.44. The zero-order valence-corrected chi connectivity index (χ0v) is 10.1. The molecule has 1 aromatic carbocycles. The van der Waals surface area contributed by atoms with E-state index in [2.05, 4.69) is 4.90 Å². The molecule has 92 valence electrons. The van der Waals surface area contributed by atoms with Gasteiger partial charge >= 0.3 is 0 Å². The molecule has 2 N–H and O–H groups in total. The van der Waals surface area contributed by atoms with E-state index in [1.54, 1.807) is 6.07 Å². The van der Waals surface area contributed by atoms with Crippen molar-refractivity contribution in [1.82, 2.24) is 0 Å². The van der Waals surface area contributed by atoms with Gasteiger partial charge in [-0.05, 0) is 24.9 Å². The van der Waals surface area contributed by atoms with E-state index < -0.39 is 4.92 Å². The van der Waals surface area contributed by atoms with E-state index in [-0.39, 0.29) is 5.69 Å². The summed E-state index contributed by atoms with van der Waals surface area (Å²) in [4.78, 5) is 12.3.